The molecule has 1 heterocycles. The van der Waals surface area contributed by atoms with E-state index in [2.05, 4.69) is 34.5 Å². The van der Waals surface area contributed by atoms with Crippen LogP contribution in [0.25, 0.3) is 11.4 Å². The van der Waals surface area contributed by atoms with Crippen LogP contribution in [0.2, 0.25) is 0 Å². The summed E-state index contributed by atoms with van der Waals surface area (Å²) in [5.41, 5.74) is 3.99. The van der Waals surface area contributed by atoms with Gasteiger partial charge in [0, 0.05) is 11.3 Å². The van der Waals surface area contributed by atoms with Crippen LogP contribution in [0.5, 0.6) is 0 Å². The van der Waals surface area contributed by atoms with Crippen molar-refractivity contribution in [1.29, 1.82) is 0 Å². The number of aromatic nitrogens is 2. The number of aryl methyl sites for hydroxylation is 1. The molecule has 3 aromatic rings. The summed E-state index contributed by atoms with van der Waals surface area (Å²) in [4.78, 5) is 4.40. The number of benzene rings is 2. The van der Waals surface area contributed by atoms with Gasteiger partial charge in [0.2, 0.25) is 11.7 Å². The van der Waals surface area contributed by atoms with Crippen molar-refractivity contribution in [3.63, 3.8) is 0 Å². The third-order valence-corrected chi connectivity index (χ3v) is 3.64. The van der Waals surface area contributed by atoms with Gasteiger partial charge >= 0.3 is 0 Å². The van der Waals surface area contributed by atoms with E-state index < -0.39 is 0 Å². The Labute approximate surface area is 135 Å². The van der Waals surface area contributed by atoms with E-state index >= 15 is 0 Å². The van der Waals surface area contributed by atoms with E-state index in [4.69, 9.17) is 9.63 Å². The van der Waals surface area contributed by atoms with Gasteiger partial charge in [0.15, 0.2) is 0 Å². The van der Waals surface area contributed by atoms with Gasteiger partial charge in [0.25, 0.3) is 0 Å². The van der Waals surface area contributed by atoms with Crippen LogP contribution in [-0.2, 0) is 19.6 Å². The molecule has 23 heavy (non-hydrogen) atoms. The summed E-state index contributed by atoms with van der Waals surface area (Å²) in [6.45, 7) is 2.59. The number of nitrogens with one attached hydrogen (secondary N) is 1. The lowest BCUT2D eigenvalue weighted by Crippen LogP contribution is -2.00. The number of aliphatic hydroxyl groups is 1. The Kier molecular flexibility index (Phi) is 4.68. The zero-order valence-electron chi connectivity index (χ0n) is 13.0. The first-order chi connectivity index (χ1) is 11.3. The molecule has 0 amide bonds. The maximum atomic E-state index is 9.15. The van der Waals surface area contributed by atoms with Crippen LogP contribution < -0.4 is 5.32 Å². The lowest BCUT2D eigenvalue weighted by atomic mass is 10.1. The largest absolute Gasteiger partial charge is 0.392 e. The Morgan fingerprint density at radius 3 is 2.65 bits per heavy atom. The fourth-order valence-electron chi connectivity index (χ4n) is 2.29. The van der Waals surface area contributed by atoms with Crippen molar-refractivity contribution in [3.05, 3.63) is 65.5 Å². The predicted octanol–water partition coefficient (Wildman–Crippen LogP) is 3.40. The van der Waals surface area contributed by atoms with Crippen LogP contribution in [0.1, 0.15) is 23.9 Å². The first-order valence-corrected chi connectivity index (χ1v) is 7.64. The van der Waals surface area contributed by atoms with Crippen LogP contribution in [0.3, 0.4) is 0 Å². The summed E-state index contributed by atoms with van der Waals surface area (Å²) in [7, 11) is 0. The van der Waals surface area contributed by atoms with Crippen molar-refractivity contribution in [2.24, 2.45) is 0 Å². The zero-order chi connectivity index (χ0) is 16.1. The zero-order valence-corrected chi connectivity index (χ0v) is 13.0. The first kappa shape index (κ1) is 15.2. The molecule has 0 atom stereocenters. The summed E-state index contributed by atoms with van der Waals surface area (Å²) >= 11 is 0. The van der Waals surface area contributed by atoms with Gasteiger partial charge in [-0.15, -0.1) is 0 Å². The molecular weight excluding hydrogens is 290 g/mol. The molecule has 118 valence electrons. The summed E-state index contributed by atoms with van der Waals surface area (Å²) in [6.07, 6.45) is 1.01. The van der Waals surface area contributed by atoms with Crippen molar-refractivity contribution >= 4 is 5.69 Å². The standard InChI is InChI=1S/C18H19N3O2/c1-2-13-6-8-15(9-7-13)18-20-17(23-21-18)11-19-16-5-3-4-14(10-16)12-22/h3-10,19,22H,2,11-12H2,1H3. The number of hydrogen-bond acceptors (Lipinski definition) is 5. The molecule has 5 heteroatoms. The van der Waals surface area contributed by atoms with Gasteiger partial charge in [-0.3, -0.25) is 0 Å². The molecule has 0 spiro atoms. The SMILES string of the molecule is CCc1ccc(-c2noc(CNc3cccc(CO)c3)n2)cc1. The third kappa shape index (κ3) is 3.76. The minimum atomic E-state index is 0.0218. The molecule has 2 aromatic carbocycles. The van der Waals surface area contributed by atoms with Crippen LogP contribution in [0, 0.1) is 0 Å². The van der Waals surface area contributed by atoms with Gasteiger partial charge in [0.05, 0.1) is 13.2 Å². The maximum absolute atomic E-state index is 9.15. The fourth-order valence-corrected chi connectivity index (χ4v) is 2.29. The van der Waals surface area contributed by atoms with Crippen molar-refractivity contribution in [2.45, 2.75) is 26.5 Å². The van der Waals surface area contributed by atoms with Crippen LogP contribution in [0.4, 0.5) is 5.69 Å². The summed E-state index contributed by atoms with van der Waals surface area (Å²) in [5, 5.41) is 16.4. The molecule has 0 aliphatic rings. The van der Waals surface area contributed by atoms with Gasteiger partial charge in [-0.1, -0.05) is 48.5 Å². The van der Waals surface area contributed by atoms with Crippen molar-refractivity contribution in [1.82, 2.24) is 10.1 Å². The summed E-state index contributed by atoms with van der Waals surface area (Å²) in [5.74, 6) is 1.11. The van der Waals surface area contributed by atoms with E-state index in [1.54, 1.807) is 0 Å². The van der Waals surface area contributed by atoms with Crippen molar-refractivity contribution in [3.8, 4) is 11.4 Å². The fraction of sp³-hybridized carbons (Fsp3) is 0.222. The highest BCUT2D eigenvalue weighted by molar-refractivity contribution is 5.54. The molecule has 0 bridgehead atoms. The summed E-state index contributed by atoms with van der Waals surface area (Å²) < 4.78 is 5.28. The predicted molar refractivity (Wildman–Crippen MR) is 88.8 cm³/mol. The molecule has 0 fully saturated rings. The molecule has 2 N–H and O–H groups in total. The number of aliphatic hydroxyl groups excluding tert-OH is 1. The molecule has 0 unspecified atom stereocenters. The van der Waals surface area contributed by atoms with Gasteiger partial charge < -0.3 is 14.9 Å². The Morgan fingerprint density at radius 2 is 1.91 bits per heavy atom. The highest BCUT2D eigenvalue weighted by Crippen LogP contribution is 2.18. The van der Waals surface area contributed by atoms with Gasteiger partial charge in [0.1, 0.15) is 0 Å². The van der Waals surface area contributed by atoms with Gasteiger partial charge in [-0.05, 0) is 29.7 Å². The number of hydrogen-bond donors (Lipinski definition) is 2. The third-order valence-electron chi connectivity index (χ3n) is 3.64. The molecule has 0 aliphatic heterocycles. The van der Waals surface area contributed by atoms with E-state index in [0.717, 1.165) is 23.2 Å². The molecule has 5 nitrogen and oxygen atoms in total. The number of rotatable bonds is 6. The van der Waals surface area contributed by atoms with E-state index in [-0.39, 0.29) is 6.61 Å². The van der Waals surface area contributed by atoms with Crippen LogP contribution >= 0.6 is 0 Å². The topological polar surface area (TPSA) is 71.2 Å². The Bertz CT molecular complexity index is 766. The van der Waals surface area contributed by atoms with E-state index in [1.165, 1.54) is 5.56 Å². The quantitative estimate of drug-likeness (QED) is 0.730. The van der Waals surface area contributed by atoms with Gasteiger partial charge in [-0.25, -0.2) is 0 Å². The molecule has 0 saturated heterocycles. The lowest BCUT2D eigenvalue weighted by Gasteiger charge is -2.04. The highest BCUT2D eigenvalue weighted by atomic mass is 16.5. The van der Waals surface area contributed by atoms with E-state index in [0.29, 0.717) is 18.3 Å². The summed E-state index contributed by atoms with van der Waals surface area (Å²) in [6, 6.07) is 15.7. The Balaban J connectivity index is 1.66. The molecule has 1 aromatic heterocycles. The molecule has 3 rings (SSSR count). The molecule has 0 radical (unpaired) electrons. The number of nitrogens with zero attached hydrogens (tertiary/aromatic N) is 2. The number of anilines is 1. The second kappa shape index (κ2) is 7.07. The first-order valence-electron chi connectivity index (χ1n) is 7.64. The van der Waals surface area contributed by atoms with Gasteiger partial charge in [-0.2, -0.15) is 4.98 Å². The Hall–Kier alpha value is -2.66. The van der Waals surface area contributed by atoms with Crippen molar-refractivity contribution < 1.29 is 9.63 Å². The monoisotopic (exact) mass is 309 g/mol. The minimum Gasteiger partial charge on any atom is -0.392 e. The molecular formula is C18H19N3O2. The normalized spacial score (nSPS) is 10.7. The second-order valence-electron chi connectivity index (χ2n) is 5.27. The van der Waals surface area contributed by atoms with E-state index in [9.17, 15) is 0 Å². The van der Waals surface area contributed by atoms with Crippen molar-refractivity contribution in [2.75, 3.05) is 5.32 Å². The second-order valence-corrected chi connectivity index (χ2v) is 5.27. The minimum absolute atomic E-state index is 0.0218. The lowest BCUT2D eigenvalue weighted by molar-refractivity contribution is 0.282. The van der Waals surface area contributed by atoms with E-state index in [1.807, 2.05) is 36.4 Å². The maximum Gasteiger partial charge on any atom is 0.246 e. The Morgan fingerprint density at radius 1 is 1.09 bits per heavy atom. The average molecular weight is 309 g/mol. The highest BCUT2D eigenvalue weighted by Gasteiger charge is 2.08. The average Bonchev–Trinajstić information content (AvgIpc) is 3.09. The molecule has 0 aliphatic carbocycles. The molecule has 0 saturated carbocycles. The van der Waals surface area contributed by atoms with Crippen LogP contribution in [0.15, 0.2) is 53.1 Å². The smallest absolute Gasteiger partial charge is 0.246 e. The van der Waals surface area contributed by atoms with Crippen LogP contribution in [-0.4, -0.2) is 15.2 Å².